The van der Waals surface area contributed by atoms with E-state index in [9.17, 15) is 0 Å². The first-order valence-electron chi connectivity index (χ1n) is 5.68. The molecule has 1 aliphatic heterocycles. The van der Waals surface area contributed by atoms with Crippen molar-refractivity contribution < 1.29 is 0 Å². The highest BCUT2D eigenvalue weighted by Crippen LogP contribution is 2.29. The Morgan fingerprint density at radius 2 is 2.12 bits per heavy atom. The molecule has 0 spiro atoms. The molecule has 0 amide bonds. The lowest BCUT2D eigenvalue weighted by atomic mass is 10.1. The van der Waals surface area contributed by atoms with Crippen molar-refractivity contribution in [3.05, 3.63) is 32.8 Å². The largest absolute Gasteiger partial charge is 0.313 e. The highest BCUT2D eigenvalue weighted by Gasteiger charge is 2.22. The van der Waals surface area contributed by atoms with Crippen molar-refractivity contribution in [3.8, 4) is 0 Å². The van der Waals surface area contributed by atoms with Crippen molar-refractivity contribution in [2.75, 3.05) is 6.54 Å². The summed E-state index contributed by atoms with van der Waals surface area (Å²) in [5.41, 5.74) is 0.947. The molecule has 0 aliphatic carbocycles. The zero-order valence-corrected chi connectivity index (χ0v) is 11.8. The SMILES string of the molecule is C[C@@H]1NCC[C@@H]1NCc1cc(Cl)cc(Cl)c1Cl. The molecule has 5 heteroatoms. The average molecular weight is 294 g/mol. The molecule has 1 heterocycles. The summed E-state index contributed by atoms with van der Waals surface area (Å²) in [7, 11) is 0. The Kier molecular flexibility index (Phi) is 4.56. The highest BCUT2D eigenvalue weighted by molar-refractivity contribution is 6.43. The molecule has 1 saturated heterocycles. The lowest BCUT2D eigenvalue weighted by Crippen LogP contribution is -2.37. The lowest BCUT2D eigenvalue weighted by Gasteiger charge is -2.17. The van der Waals surface area contributed by atoms with Crippen molar-refractivity contribution in [2.45, 2.75) is 32.0 Å². The number of rotatable bonds is 3. The summed E-state index contributed by atoms with van der Waals surface area (Å²) in [6.07, 6.45) is 1.13. The van der Waals surface area contributed by atoms with E-state index in [-0.39, 0.29) is 0 Å². The third-order valence-electron chi connectivity index (χ3n) is 3.15. The molecule has 0 aromatic heterocycles. The molecular formula is C12H15Cl3N2. The number of nitrogens with one attached hydrogen (secondary N) is 2. The van der Waals surface area contributed by atoms with E-state index < -0.39 is 0 Å². The number of hydrogen-bond donors (Lipinski definition) is 2. The molecule has 2 N–H and O–H groups in total. The van der Waals surface area contributed by atoms with Crippen LogP contribution in [0.5, 0.6) is 0 Å². The zero-order valence-electron chi connectivity index (χ0n) is 9.56. The van der Waals surface area contributed by atoms with E-state index in [1.165, 1.54) is 0 Å². The van der Waals surface area contributed by atoms with Gasteiger partial charge in [0.05, 0.1) is 10.0 Å². The summed E-state index contributed by atoms with van der Waals surface area (Å²) in [4.78, 5) is 0. The molecule has 17 heavy (non-hydrogen) atoms. The summed E-state index contributed by atoms with van der Waals surface area (Å²) in [6, 6.07) is 4.48. The van der Waals surface area contributed by atoms with Gasteiger partial charge < -0.3 is 10.6 Å². The predicted octanol–water partition coefficient (Wildman–Crippen LogP) is 3.49. The summed E-state index contributed by atoms with van der Waals surface area (Å²) >= 11 is 18.1. The van der Waals surface area contributed by atoms with Crippen LogP contribution < -0.4 is 10.6 Å². The quantitative estimate of drug-likeness (QED) is 0.834. The molecule has 0 radical (unpaired) electrons. The summed E-state index contributed by atoms with van der Waals surface area (Å²) in [5.74, 6) is 0. The van der Waals surface area contributed by atoms with E-state index in [1.54, 1.807) is 6.07 Å². The molecule has 1 aromatic carbocycles. The Morgan fingerprint density at radius 3 is 2.76 bits per heavy atom. The van der Waals surface area contributed by atoms with Crippen LogP contribution in [0.15, 0.2) is 12.1 Å². The minimum atomic E-state index is 0.476. The number of halogens is 3. The Labute approximate surface area is 117 Å². The van der Waals surface area contributed by atoms with Gasteiger partial charge >= 0.3 is 0 Å². The van der Waals surface area contributed by atoms with Gasteiger partial charge in [0.25, 0.3) is 0 Å². The van der Waals surface area contributed by atoms with Crippen LogP contribution >= 0.6 is 34.8 Å². The summed E-state index contributed by atoms with van der Waals surface area (Å²) in [6.45, 7) is 3.93. The standard InChI is InChI=1S/C12H15Cl3N2/c1-7-11(2-3-16-7)17-6-8-4-9(13)5-10(14)12(8)15/h4-5,7,11,16-17H,2-3,6H2,1H3/t7-,11-/m0/s1. The van der Waals surface area contributed by atoms with Crippen LogP contribution in [0.3, 0.4) is 0 Å². The molecule has 1 aliphatic rings. The van der Waals surface area contributed by atoms with Crippen LogP contribution in [0.4, 0.5) is 0 Å². The van der Waals surface area contributed by atoms with Gasteiger partial charge in [-0.1, -0.05) is 34.8 Å². The second kappa shape index (κ2) is 5.77. The molecule has 0 unspecified atom stereocenters. The Balaban J connectivity index is 2.03. The molecule has 94 valence electrons. The first-order valence-corrected chi connectivity index (χ1v) is 6.81. The van der Waals surface area contributed by atoms with E-state index in [4.69, 9.17) is 34.8 Å². The maximum absolute atomic E-state index is 6.14. The third-order valence-corrected chi connectivity index (χ3v) is 4.21. The van der Waals surface area contributed by atoms with Crippen LogP contribution in [0, 0.1) is 0 Å². The maximum atomic E-state index is 6.14. The van der Waals surface area contributed by atoms with E-state index in [1.807, 2.05) is 6.07 Å². The topological polar surface area (TPSA) is 24.1 Å². The minimum Gasteiger partial charge on any atom is -0.313 e. The normalized spacial score (nSPS) is 24.2. The van der Waals surface area contributed by atoms with Gasteiger partial charge in [-0.2, -0.15) is 0 Å². The highest BCUT2D eigenvalue weighted by atomic mass is 35.5. The predicted molar refractivity (Wildman–Crippen MR) is 74.2 cm³/mol. The molecule has 1 aromatic rings. The van der Waals surface area contributed by atoms with Crippen LogP contribution in [0.25, 0.3) is 0 Å². The second-order valence-corrected chi connectivity index (χ2v) is 5.60. The van der Waals surface area contributed by atoms with E-state index in [0.717, 1.165) is 18.5 Å². The van der Waals surface area contributed by atoms with Crippen molar-refractivity contribution in [1.29, 1.82) is 0 Å². The van der Waals surface area contributed by atoms with Crippen LogP contribution in [0.2, 0.25) is 15.1 Å². The van der Waals surface area contributed by atoms with Crippen molar-refractivity contribution in [1.82, 2.24) is 10.6 Å². The maximum Gasteiger partial charge on any atom is 0.0638 e. The fourth-order valence-electron chi connectivity index (χ4n) is 2.12. The van der Waals surface area contributed by atoms with Gasteiger partial charge in [0.2, 0.25) is 0 Å². The fraction of sp³-hybridized carbons (Fsp3) is 0.500. The van der Waals surface area contributed by atoms with Gasteiger partial charge in [-0.15, -0.1) is 0 Å². The Morgan fingerprint density at radius 1 is 1.35 bits per heavy atom. The average Bonchev–Trinajstić information content (AvgIpc) is 2.67. The number of benzene rings is 1. The van der Waals surface area contributed by atoms with Gasteiger partial charge in [0.1, 0.15) is 0 Å². The van der Waals surface area contributed by atoms with Crippen LogP contribution in [0.1, 0.15) is 18.9 Å². The molecule has 2 rings (SSSR count). The minimum absolute atomic E-state index is 0.476. The van der Waals surface area contributed by atoms with Gasteiger partial charge in [0, 0.05) is 23.7 Å². The fourth-order valence-corrected chi connectivity index (χ4v) is 2.83. The molecule has 0 bridgehead atoms. The Bertz CT molecular complexity index is 409. The lowest BCUT2D eigenvalue weighted by molar-refractivity contribution is 0.472. The van der Waals surface area contributed by atoms with Gasteiger partial charge in [-0.3, -0.25) is 0 Å². The van der Waals surface area contributed by atoms with Crippen LogP contribution in [-0.2, 0) is 6.54 Å². The molecule has 2 nitrogen and oxygen atoms in total. The second-order valence-electron chi connectivity index (χ2n) is 4.38. The summed E-state index contributed by atoms with van der Waals surface area (Å²) < 4.78 is 0. The molecule has 2 atom stereocenters. The molecule has 0 saturated carbocycles. The van der Waals surface area contributed by atoms with Crippen molar-refractivity contribution in [2.24, 2.45) is 0 Å². The van der Waals surface area contributed by atoms with E-state index in [2.05, 4.69) is 17.6 Å². The monoisotopic (exact) mass is 292 g/mol. The Hall–Kier alpha value is 0.01000. The van der Waals surface area contributed by atoms with Crippen molar-refractivity contribution in [3.63, 3.8) is 0 Å². The van der Waals surface area contributed by atoms with Gasteiger partial charge in [-0.05, 0) is 37.6 Å². The van der Waals surface area contributed by atoms with Crippen LogP contribution in [-0.4, -0.2) is 18.6 Å². The van der Waals surface area contributed by atoms with E-state index >= 15 is 0 Å². The van der Waals surface area contributed by atoms with E-state index in [0.29, 0.717) is 33.7 Å². The van der Waals surface area contributed by atoms with Gasteiger partial charge in [-0.25, -0.2) is 0 Å². The first-order chi connectivity index (χ1) is 8.08. The smallest absolute Gasteiger partial charge is 0.0638 e. The zero-order chi connectivity index (χ0) is 12.4. The van der Waals surface area contributed by atoms with Crippen molar-refractivity contribution >= 4 is 34.8 Å². The molecular weight excluding hydrogens is 279 g/mol. The summed E-state index contributed by atoms with van der Waals surface area (Å²) in [5, 5.41) is 8.59. The number of hydrogen-bond acceptors (Lipinski definition) is 2. The molecule has 1 fully saturated rings. The third kappa shape index (κ3) is 3.27. The first kappa shape index (κ1) is 13.4. The van der Waals surface area contributed by atoms with Gasteiger partial charge in [0.15, 0.2) is 0 Å².